The zero-order chi connectivity index (χ0) is 23.0. The molecule has 0 spiro atoms. The monoisotopic (exact) mass is 462 g/mol. The fourth-order valence-corrected chi connectivity index (χ4v) is 5.17. The van der Waals surface area contributed by atoms with Crippen LogP contribution in [0.1, 0.15) is 49.5 Å². The predicted octanol–water partition coefficient (Wildman–Crippen LogP) is 3.99. The van der Waals surface area contributed by atoms with Crippen molar-refractivity contribution in [2.75, 3.05) is 11.4 Å². The first kappa shape index (κ1) is 21.5. The fourth-order valence-electron chi connectivity index (χ4n) is 4.13. The molecule has 0 bridgehead atoms. The highest BCUT2D eigenvalue weighted by atomic mass is 32.1. The Morgan fingerprint density at radius 1 is 1.27 bits per heavy atom. The molecule has 1 aliphatic heterocycles. The summed E-state index contributed by atoms with van der Waals surface area (Å²) in [6.07, 6.45) is 3.60. The van der Waals surface area contributed by atoms with E-state index in [-0.39, 0.29) is 11.9 Å². The molecule has 3 aromatic heterocycles. The van der Waals surface area contributed by atoms with Gasteiger partial charge in [-0.05, 0) is 43.9 Å². The maximum Gasteiger partial charge on any atom is 0.243 e. The van der Waals surface area contributed by atoms with Crippen molar-refractivity contribution < 1.29 is 9.32 Å². The zero-order valence-electron chi connectivity index (χ0n) is 18.9. The molecule has 1 aromatic carbocycles. The number of anilines is 1. The molecule has 0 radical (unpaired) electrons. The number of fused-ring (bicyclic) bond motifs is 1. The number of benzene rings is 1. The predicted molar refractivity (Wildman–Crippen MR) is 127 cm³/mol. The standard InChI is InChI=1S/C24H26N6O2S/c1-15-27-22(29-32-15)24(2,3)17-12-19-20(25-14-17)28-23(33-19)30-11-7-10-18(30)21(31)26-13-16-8-5-4-6-9-16/h4-6,8-9,12,14,18H,7,10-11,13H2,1-3H3,(H,26,31)/t18-/m1/s1. The Hall–Kier alpha value is -3.33. The van der Waals surface area contributed by atoms with E-state index in [4.69, 9.17) is 9.51 Å². The molecule has 0 unspecified atom stereocenters. The SMILES string of the molecule is Cc1nc(C(C)(C)c2cnc3nc(N4CCC[C@@H]4C(=O)NCc4ccccc4)sc3c2)no1. The van der Waals surface area contributed by atoms with Crippen LogP contribution in [0.3, 0.4) is 0 Å². The number of rotatable bonds is 6. The number of nitrogens with one attached hydrogen (secondary N) is 1. The van der Waals surface area contributed by atoms with Crippen LogP contribution in [0.5, 0.6) is 0 Å². The topological polar surface area (TPSA) is 97.0 Å². The lowest BCUT2D eigenvalue weighted by Gasteiger charge is -2.23. The molecule has 5 rings (SSSR count). The summed E-state index contributed by atoms with van der Waals surface area (Å²) < 4.78 is 6.16. The zero-order valence-corrected chi connectivity index (χ0v) is 19.7. The number of thiazole rings is 1. The van der Waals surface area contributed by atoms with Crippen LogP contribution in [0.15, 0.2) is 47.1 Å². The molecule has 9 heteroatoms. The van der Waals surface area contributed by atoms with Crippen molar-refractivity contribution in [2.24, 2.45) is 0 Å². The summed E-state index contributed by atoms with van der Waals surface area (Å²) in [7, 11) is 0. The van der Waals surface area contributed by atoms with E-state index in [0.29, 0.717) is 23.9 Å². The average molecular weight is 463 g/mol. The Kier molecular flexibility index (Phi) is 5.57. The maximum atomic E-state index is 12.9. The molecule has 1 saturated heterocycles. The highest BCUT2D eigenvalue weighted by Crippen LogP contribution is 2.36. The summed E-state index contributed by atoms with van der Waals surface area (Å²) in [5.41, 5.74) is 2.32. The van der Waals surface area contributed by atoms with E-state index in [1.54, 1.807) is 18.3 Å². The van der Waals surface area contributed by atoms with Crippen molar-refractivity contribution in [3.05, 3.63) is 65.4 Å². The molecule has 1 aliphatic rings. The van der Waals surface area contributed by atoms with Gasteiger partial charge in [0.2, 0.25) is 11.8 Å². The first-order valence-corrected chi connectivity index (χ1v) is 11.9. The molecule has 1 atom stereocenters. The number of aryl methyl sites for hydroxylation is 1. The molecular formula is C24H26N6O2S. The van der Waals surface area contributed by atoms with E-state index in [9.17, 15) is 4.79 Å². The minimum absolute atomic E-state index is 0.0397. The second-order valence-corrected chi connectivity index (χ2v) is 9.87. The number of amides is 1. The summed E-state index contributed by atoms with van der Waals surface area (Å²) in [4.78, 5) is 28.8. The van der Waals surface area contributed by atoms with Crippen LogP contribution in [0, 0.1) is 6.92 Å². The van der Waals surface area contributed by atoms with Crippen molar-refractivity contribution in [1.82, 2.24) is 25.4 Å². The van der Waals surface area contributed by atoms with Crippen LogP contribution >= 0.6 is 11.3 Å². The van der Waals surface area contributed by atoms with Gasteiger partial charge in [0.05, 0.1) is 10.1 Å². The normalized spacial score (nSPS) is 16.5. The highest BCUT2D eigenvalue weighted by Gasteiger charge is 2.33. The van der Waals surface area contributed by atoms with E-state index in [0.717, 1.165) is 40.3 Å². The molecule has 0 aliphatic carbocycles. The van der Waals surface area contributed by atoms with Crippen molar-refractivity contribution in [2.45, 2.75) is 51.6 Å². The van der Waals surface area contributed by atoms with Gasteiger partial charge in [-0.3, -0.25) is 4.79 Å². The minimum Gasteiger partial charge on any atom is -0.350 e. The molecule has 33 heavy (non-hydrogen) atoms. The Balaban J connectivity index is 1.36. The number of nitrogens with zero attached hydrogens (tertiary/aromatic N) is 5. The van der Waals surface area contributed by atoms with Gasteiger partial charge in [-0.1, -0.05) is 46.8 Å². The molecule has 1 fully saturated rings. The molecule has 170 valence electrons. The third-order valence-electron chi connectivity index (χ3n) is 6.15. The van der Waals surface area contributed by atoms with Gasteiger partial charge in [-0.25, -0.2) is 4.98 Å². The third kappa shape index (κ3) is 4.20. The first-order chi connectivity index (χ1) is 15.9. The molecule has 0 saturated carbocycles. The van der Waals surface area contributed by atoms with Gasteiger partial charge in [-0.2, -0.15) is 9.97 Å². The largest absolute Gasteiger partial charge is 0.350 e. The number of pyridine rings is 1. The number of carbonyl (C=O) groups excluding carboxylic acids is 1. The second kappa shape index (κ2) is 8.55. The van der Waals surface area contributed by atoms with Crippen LogP contribution in [-0.2, 0) is 16.8 Å². The molecule has 4 heterocycles. The number of hydrogen-bond donors (Lipinski definition) is 1. The Labute approximate surface area is 196 Å². The lowest BCUT2D eigenvalue weighted by Crippen LogP contribution is -2.43. The lowest BCUT2D eigenvalue weighted by molar-refractivity contribution is -0.122. The van der Waals surface area contributed by atoms with Crippen LogP contribution < -0.4 is 10.2 Å². The van der Waals surface area contributed by atoms with Crippen LogP contribution in [0.2, 0.25) is 0 Å². The molecule has 1 N–H and O–H groups in total. The molecule has 4 aromatic rings. The molecular weight excluding hydrogens is 436 g/mol. The number of hydrogen-bond acceptors (Lipinski definition) is 8. The van der Waals surface area contributed by atoms with Crippen molar-refractivity contribution in [1.29, 1.82) is 0 Å². The highest BCUT2D eigenvalue weighted by molar-refractivity contribution is 7.22. The van der Waals surface area contributed by atoms with Gasteiger partial charge in [0, 0.05) is 26.2 Å². The summed E-state index contributed by atoms with van der Waals surface area (Å²) in [6.45, 7) is 7.22. The summed E-state index contributed by atoms with van der Waals surface area (Å²) in [5, 5.41) is 8.02. The van der Waals surface area contributed by atoms with Gasteiger partial charge in [0.25, 0.3) is 0 Å². The summed E-state index contributed by atoms with van der Waals surface area (Å²) in [6, 6.07) is 11.8. The van der Waals surface area contributed by atoms with E-state index in [2.05, 4.69) is 45.3 Å². The van der Waals surface area contributed by atoms with Gasteiger partial charge < -0.3 is 14.7 Å². The second-order valence-electron chi connectivity index (χ2n) is 8.86. The van der Waals surface area contributed by atoms with Crippen LogP contribution in [0.25, 0.3) is 10.3 Å². The van der Waals surface area contributed by atoms with E-state index in [1.807, 2.05) is 36.5 Å². The van der Waals surface area contributed by atoms with Crippen molar-refractivity contribution in [3.63, 3.8) is 0 Å². The number of aromatic nitrogens is 4. The van der Waals surface area contributed by atoms with Crippen molar-refractivity contribution >= 4 is 32.7 Å². The summed E-state index contributed by atoms with van der Waals surface area (Å²) >= 11 is 1.57. The first-order valence-electron chi connectivity index (χ1n) is 11.1. The van der Waals surface area contributed by atoms with Gasteiger partial charge >= 0.3 is 0 Å². The Morgan fingerprint density at radius 2 is 2.09 bits per heavy atom. The van der Waals surface area contributed by atoms with Crippen LogP contribution in [0.4, 0.5) is 5.13 Å². The summed E-state index contributed by atoms with van der Waals surface area (Å²) in [5.74, 6) is 1.20. The van der Waals surface area contributed by atoms with E-state index >= 15 is 0 Å². The smallest absolute Gasteiger partial charge is 0.243 e. The minimum atomic E-state index is -0.448. The lowest BCUT2D eigenvalue weighted by atomic mass is 9.85. The van der Waals surface area contributed by atoms with Crippen LogP contribution in [-0.4, -0.2) is 38.6 Å². The quantitative estimate of drug-likeness (QED) is 0.463. The fraction of sp³-hybridized carbons (Fsp3) is 0.375. The molecule has 8 nitrogen and oxygen atoms in total. The van der Waals surface area contributed by atoms with Gasteiger partial charge in [-0.15, -0.1) is 0 Å². The Bertz CT molecular complexity index is 1280. The van der Waals surface area contributed by atoms with Gasteiger partial charge in [0.15, 0.2) is 16.6 Å². The van der Waals surface area contributed by atoms with E-state index < -0.39 is 5.41 Å². The maximum absolute atomic E-state index is 12.9. The van der Waals surface area contributed by atoms with Gasteiger partial charge in [0.1, 0.15) is 6.04 Å². The molecule has 1 amide bonds. The van der Waals surface area contributed by atoms with Crippen molar-refractivity contribution in [3.8, 4) is 0 Å². The van der Waals surface area contributed by atoms with E-state index in [1.165, 1.54) is 0 Å². The number of carbonyl (C=O) groups is 1. The Morgan fingerprint density at radius 3 is 2.85 bits per heavy atom. The third-order valence-corrected chi connectivity index (χ3v) is 7.18. The average Bonchev–Trinajstić information content (AvgIpc) is 3.56.